The van der Waals surface area contributed by atoms with Crippen LogP contribution >= 0.6 is 0 Å². The van der Waals surface area contributed by atoms with Crippen LogP contribution in [0.2, 0.25) is 19.6 Å². The SMILES string of the molecule is CCOC(CC#C[Si](C)(C)C)OCC. The molecular weight excluding hydrogens is 192 g/mol. The summed E-state index contributed by atoms with van der Waals surface area (Å²) in [5.41, 5.74) is 3.30. The van der Waals surface area contributed by atoms with E-state index in [4.69, 9.17) is 9.47 Å². The normalized spacial score (nSPS) is 11.3. The van der Waals surface area contributed by atoms with E-state index in [0.29, 0.717) is 19.6 Å². The summed E-state index contributed by atoms with van der Waals surface area (Å²) in [6.45, 7) is 12.0. The highest BCUT2D eigenvalue weighted by molar-refractivity contribution is 6.83. The first-order valence-electron chi connectivity index (χ1n) is 5.22. The second-order valence-corrected chi connectivity index (χ2v) is 8.85. The number of hydrogen-bond donors (Lipinski definition) is 0. The first kappa shape index (κ1) is 13.7. The van der Waals surface area contributed by atoms with Gasteiger partial charge in [0.1, 0.15) is 8.07 Å². The van der Waals surface area contributed by atoms with Gasteiger partial charge in [0.15, 0.2) is 6.29 Å². The summed E-state index contributed by atoms with van der Waals surface area (Å²) < 4.78 is 10.8. The number of rotatable bonds is 5. The maximum absolute atomic E-state index is 5.39. The molecule has 0 saturated heterocycles. The van der Waals surface area contributed by atoms with Gasteiger partial charge in [0.05, 0.1) is 6.42 Å². The molecule has 0 radical (unpaired) electrons. The van der Waals surface area contributed by atoms with Crippen molar-refractivity contribution in [2.45, 2.75) is 46.2 Å². The quantitative estimate of drug-likeness (QED) is 0.398. The molecule has 0 bridgehead atoms. The molecule has 0 spiro atoms. The minimum absolute atomic E-state index is 0.145. The third kappa shape index (κ3) is 8.30. The highest BCUT2D eigenvalue weighted by Gasteiger charge is 2.09. The molecule has 0 aromatic carbocycles. The van der Waals surface area contributed by atoms with Crippen molar-refractivity contribution in [2.24, 2.45) is 0 Å². The Balaban J connectivity index is 3.95. The highest BCUT2D eigenvalue weighted by atomic mass is 28.3. The van der Waals surface area contributed by atoms with Crippen molar-refractivity contribution in [3.05, 3.63) is 0 Å². The summed E-state index contributed by atoms with van der Waals surface area (Å²) in [6, 6.07) is 0. The topological polar surface area (TPSA) is 18.5 Å². The lowest BCUT2D eigenvalue weighted by Gasteiger charge is -2.14. The molecule has 0 amide bonds. The van der Waals surface area contributed by atoms with Crippen LogP contribution in [0, 0.1) is 11.5 Å². The summed E-state index contributed by atoms with van der Waals surface area (Å²) in [5, 5.41) is 0. The van der Waals surface area contributed by atoms with E-state index in [1.54, 1.807) is 0 Å². The molecule has 0 aromatic heterocycles. The van der Waals surface area contributed by atoms with Gasteiger partial charge in [-0.1, -0.05) is 19.6 Å². The van der Waals surface area contributed by atoms with Gasteiger partial charge < -0.3 is 9.47 Å². The van der Waals surface area contributed by atoms with E-state index in [1.165, 1.54) is 0 Å². The Morgan fingerprint density at radius 3 is 1.93 bits per heavy atom. The molecule has 0 aliphatic heterocycles. The van der Waals surface area contributed by atoms with Crippen LogP contribution in [0.25, 0.3) is 0 Å². The maximum atomic E-state index is 5.39. The van der Waals surface area contributed by atoms with E-state index in [1.807, 2.05) is 13.8 Å². The van der Waals surface area contributed by atoms with Gasteiger partial charge in [-0.3, -0.25) is 0 Å². The number of ether oxygens (including phenoxy) is 2. The van der Waals surface area contributed by atoms with E-state index < -0.39 is 8.07 Å². The van der Waals surface area contributed by atoms with Crippen LogP contribution in [0.3, 0.4) is 0 Å². The highest BCUT2D eigenvalue weighted by Crippen LogP contribution is 2.01. The van der Waals surface area contributed by atoms with Crippen molar-refractivity contribution < 1.29 is 9.47 Å². The van der Waals surface area contributed by atoms with Crippen LogP contribution in [-0.4, -0.2) is 27.6 Å². The molecule has 0 aliphatic rings. The molecule has 0 fully saturated rings. The second kappa shape index (κ2) is 7.05. The molecule has 0 N–H and O–H groups in total. The Kier molecular flexibility index (Phi) is 6.90. The fraction of sp³-hybridized carbons (Fsp3) is 0.818. The van der Waals surface area contributed by atoms with Crippen LogP contribution in [0.15, 0.2) is 0 Å². The van der Waals surface area contributed by atoms with E-state index >= 15 is 0 Å². The predicted octanol–water partition coefficient (Wildman–Crippen LogP) is 2.66. The molecule has 0 unspecified atom stereocenters. The van der Waals surface area contributed by atoms with E-state index in [9.17, 15) is 0 Å². The average molecular weight is 214 g/mol. The minimum Gasteiger partial charge on any atom is -0.352 e. The number of hydrogen-bond acceptors (Lipinski definition) is 2. The van der Waals surface area contributed by atoms with Crippen LogP contribution in [0.1, 0.15) is 20.3 Å². The Bertz CT molecular complexity index is 192. The maximum Gasteiger partial charge on any atom is 0.168 e. The third-order valence-electron chi connectivity index (χ3n) is 1.44. The molecular formula is C11H22O2Si. The van der Waals surface area contributed by atoms with Gasteiger partial charge in [0.2, 0.25) is 0 Å². The van der Waals surface area contributed by atoms with Crippen LogP contribution < -0.4 is 0 Å². The Hall–Kier alpha value is -0.303. The lowest BCUT2D eigenvalue weighted by atomic mass is 10.4. The largest absolute Gasteiger partial charge is 0.352 e. The molecule has 0 rings (SSSR count). The molecule has 82 valence electrons. The summed E-state index contributed by atoms with van der Waals surface area (Å²) in [7, 11) is -1.24. The van der Waals surface area contributed by atoms with Gasteiger partial charge in [0.25, 0.3) is 0 Å². The van der Waals surface area contributed by atoms with Crippen molar-refractivity contribution in [1.29, 1.82) is 0 Å². The van der Waals surface area contributed by atoms with Gasteiger partial charge in [0, 0.05) is 13.2 Å². The molecule has 14 heavy (non-hydrogen) atoms. The predicted molar refractivity (Wildman–Crippen MR) is 62.8 cm³/mol. The summed E-state index contributed by atoms with van der Waals surface area (Å²) in [6.07, 6.45) is 0.542. The second-order valence-electron chi connectivity index (χ2n) is 4.10. The van der Waals surface area contributed by atoms with E-state index in [0.717, 1.165) is 0 Å². The van der Waals surface area contributed by atoms with Gasteiger partial charge in [-0.2, -0.15) is 0 Å². The van der Waals surface area contributed by atoms with Crippen LogP contribution in [0.5, 0.6) is 0 Å². The van der Waals surface area contributed by atoms with Gasteiger partial charge in [-0.15, -0.1) is 11.5 Å². The third-order valence-corrected chi connectivity index (χ3v) is 2.36. The lowest BCUT2D eigenvalue weighted by molar-refractivity contribution is -0.131. The van der Waals surface area contributed by atoms with Crippen LogP contribution in [0.4, 0.5) is 0 Å². The van der Waals surface area contributed by atoms with E-state index in [2.05, 4.69) is 31.1 Å². The first-order valence-corrected chi connectivity index (χ1v) is 8.72. The van der Waals surface area contributed by atoms with Crippen molar-refractivity contribution in [3.8, 4) is 11.5 Å². The smallest absolute Gasteiger partial charge is 0.168 e. The van der Waals surface area contributed by atoms with Crippen molar-refractivity contribution in [3.63, 3.8) is 0 Å². The fourth-order valence-corrected chi connectivity index (χ4v) is 1.57. The average Bonchev–Trinajstić information content (AvgIpc) is 2.02. The Morgan fingerprint density at radius 2 is 1.57 bits per heavy atom. The van der Waals surface area contributed by atoms with Crippen LogP contribution in [-0.2, 0) is 9.47 Å². The standard InChI is InChI=1S/C11H22O2Si/c1-6-12-11(13-7-2)9-8-10-14(3,4)5/h11H,6-7,9H2,1-5H3. The molecule has 2 nitrogen and oxygen atoms in total. The van der Waals surface area contributed by atoms with Crippen molar-refractivity contribution in [1.82, 2.24) is 0 Å². The molecule has 0 heterocycles. The Morgan fingerprint density at radius 1 is 1.07 bits per heavy atom. The van der Waals surface area contributed by atoms with Crippen molar-refractivity contribution >= 4 is 8.07 Å². The van der Waals surface area contributed by atoms with Gasteiger partial charge in [-0.25, -0.2) is 0 Å². The zero-order chi connectivity index (χ0) is 11.0. The van der Waals surface area contributed by atoms with Gasteiger partial charge >= 0.3 is 0 Å². The monoisotopic (exact) mass is 214 g/mol. The summed E-state index contributed by atoms with van der Waals surface area (Å²) in [5.74, 6) is 3.16. The van der Waals surface area contributed by atoms with Crippen molar-refractivity contribution in [2.75, 3.05) is 13.2 Å². The first-order chi connectivity index (χ1) is 6.49. The minimum atomic E-state index is -1.24. The molecule has 0 aliphatic carbocycles. The van der Waals surface area contributed by atoms with E-state index in [-0.39, 0.29) is 6.29 Å². The zero-order valence-electron chi connectivity index (χ0n) is 10.0. The van der Waals surface area contributed by atoms with Gasteiger partial charge in [-0.05, 0) is 13.8 Å². The Labute approximate surface area is 89.0 Å². The molecule has 0 atom stereocenters. The fourth-order valence-electron chi connectivity index (χ4n) is 0.937. The summed E-state index contributed by atoms with van der Waals surface area (Å²) >= 11 is 0. The summed E-state index contributed by atoms with van der Waals surface area (Å²) in [4.78, 5) is 0. The molecule has 0 saturated carbocycles. The zero-order valence-corrected chi connectivity index (χ0v) is 11.0. The lowest BCUT2D eigenvalue weighted by Crippen LogP contribution is -2.19. The molecule has 3 heteroatoms. The molecule has 0 aromatic rings.